The third-order valence-corrected chi connectivity index (χ3v) is 5.51. The second-order valence-corrected chi connectivity index (χ2v) is 7.58. The molecule has 1 fully saturated rings. The average Bonchev–Trinajstić information content (AvgIpc) is 3.05. The standard InChI is InChI=1S/C23H28N2O2/c1-5-16(3)19-8-6-7-9-21(19)25-14-18(13-22(25)26)23(27)24-20-11-10-15(2)12-17(20)4/h6-12,16,18H,5,13-14H2,1-4H3,(H,24,27)/t16-,18-/m0/s1. The smallest absolute Gasteiger partial charge is 0.229 e. The molecule has 0 saturated carbocycles. The van der Waals surface area contributed by atoms with Crippen LogP contribution < -0.4 is 10.2 Å². The zero-order chi connectivity index (χ0) is 19.6. The Labute approximate surface area is 161 Å². The topological polar surface area (TPSA) is 49.4 Å². The number of benzene rings is 2. The van der Waals surface area contributed by atoms with Gasteiger partial charge < -0.3 is 10.2 Å². The van der Waals surface area contributed by atoms with Crippen LogP contribution >= 0.6 is 0 Å². The van der Waals surface area contributed by atoms with Gasteiger partial charge in [-0.15, -0.1) is 0 Å². The number of hydrogen-bond donors (Lipinski definition) is 1. The number of nitrogens with zero attached hydrogens (tertiary/aromatic N) is 1. The van der Waals surface area contributed by atoms with Gasteiger partial charge in [0, 0.05) is 24.3 Å². The number of amides is 2. The first-order valence-electron chi connectivity index (χ1n) is 9.68. The lowest BCUT2D eigenvalue weighted by Gasteiger charge is -2.23. The zero-order valence-electron chi connectivity index (χ0n) is 16.6. The van der Waals surface area contributed by atoms with Gasteiger partial charge in [0.05, 0.1) is 5.92 Å². The van der Waals surface area contributed by atoms with Crippen LogP contribution in [0, 0.1) is 19.8 Å². The molecule has 1 heterocycles. The van der Waals surface area contributed by atoms with E-state index in [4.69, 9.17) is 0 Å². The van der Waals surface area contributed by atoms with Gasteiger partial charge in [-0.3, -0.25) is 9.59 Å². The summed E-state index contributed by atoms with van der Waals surface area (Å²) in [5.74, 6) is -0.0226. The van der Waals surface area contributed by atoms with Crippen LogP contribution in [0.2, 0.25) is 0 Å². The van der Waals surface area contributed by atoms with Gasteiger partial charge in [-0.1, -0.05) is 49.7 Å². The Bertz CT molecular complexity index is 859. The van der Waals surface area contributed by atoms with Gasteiger partial charge in [0.1, 0.15) is 0 Å². The van der Waals surface area contributed by atoms with Crippen LogP contribution in [-0.2, 0) is 9.59 Å². The predicted octanol–water partition coefficient (Wildman–Crippen LogP) is 4.81. The van der Waals surface area contributed by atoms with Crippen molar-refractivity contribution in [2.75, 3.05) is 16.8 Å². The predicted molar refractivity (Wildman–Crippen MR) is 110 cm³/mol. The first kappa shape index (κ1) is 19.2. The summed E-state index contributed by atoms with van der Waals surface area (Å²) < 4.78 is 0. The van der Waals surface area contributed by atoms with Gasteiger partial charge in [0.2, 0.25) is 11.8 Å². The van der Waals surface area contributed by atoms with Crippen molar-refractivity contribution < 1.29 is 9.59 Å². The molecule has 0 spiro atoms. The van der Waals surface area contributed by atoms with E-state index in [1.165, 1.54) is 5.56 Å². The van der Waals surface area contributed by atoms with Gasteiger partial charge in [0.25, 0.3) is 0 Å². The third kappa shape index (κ3) is 4.05. The molecule has 142 valence electrons. The van der Waals surface area contributed by atoms with E-state index in [1.54, 1.807) is 4.90 Å². The first-order chi connectivity index (χ1) is 12.9. The molecular weight excluding hydrogens is 336 g/mol. The van der Waals surface area contributed by atoms with Crippen molar-refractivity contribution in [1.82, 2.24) is 0 Å². The lowest BCUT2D eigenvalue weighted by atomic mass is 9.96. The summed E-state index contributed by atoms with van der Waals surface area (Å²) in [4.78, 5) is 27.2. The van der Waals surface area contributed by atoms with Crippen molar-refractivity contribution in [3.05, 3.63) is 59.2 Å². The van der Waals surface area contributed by atoms with Crippen molar-refractivity contribution in [3.8, 4) is 0 Å². The number of para-hydroxylation sites is 1. The number of aryl methyl sites for hydroxylation is 2. The molecule has 2 aromatic carbocycles. The molecule has 2 aromatic rings. The van der Waals surface area contributed by atoms with Gasteiger partial charge in [-0.2, -0.15) is 0 Å². The van der Waals surface area contributed by atoms with Gasteiger partial charge in [-0.05, 0) is 49.4 Å². The van der Waals surface area contributed by atoms with Gasteiger partial charge in [0.15, 0.2) is 0 Å². The molecule has 0 aliphatic carbocycles. The quantitative estimate of drug-likeness (QED) is 0.828. The highest BCUT2D eigenvalue weighted by Gasteiger charge is 2.36. The van der Waals surface area contributed by atoms with Crippen LogP contribution in [0.25, 0.3) is 0 Å². The largest absolute Gasteiger partial charge is 0.326 e. The molecular formula is C23H28N2O2. The SMILES string of the molecule is CC[C@H](C)c1ccccc1N1C[C@@H](C(=O)Nc2ccc(C)cc2C)CC1=O. The van der Waals surface area contributed by atoms with Crippen LogP contribution in [-0.4, -0.2) is 18.4 Å². The van der Waals surface area contributed by atoms with Crippen molar-refractivity contribution in [2.45, 2.75) is 46.5 Å². The van der Waals surface area contributed by atoms with Crippen LogP contribution in [0.4, 0.5) is 11.4 Å². The highest BCUT2D eigenvalue weighted by molar-refractivity contribution is 6.04. The van der Waals surface area contributed by atoms with Crippen molar-refractivity contribution in [2.24, 2.45) is 5.92 Å². The van der Waals surface area contributed by atoms with Crippen molar-refractivity contribution in [3.63, 3.8) is 0 Å². The third-order valence-electron chi connectivity index (χ3n) is 5.51. The minimum atomic E-state index is -0.330. The second kappa shape index (κ2) is 7.95. The number of nitrogens with one attached hydrogen (secondary N) is 1. The van der Waals surface area contributed by atoms with Crippen LogP contribution in [0.3, 0.4) is 0 Å². The Morgan fingerprint density at radius 3 is 2.67 bits per heavy atom. The lowest BCUT2D eigenvalue weighted by Crippen LogP contribution is -2.29. The zero-order valence-corrected chi connectivity index (χ0v) is 16.6. The number of carbonyl (C=O) groups is 2. The van der Waals surface area contributed by atoms with E-state index in [0.717, 1.165) is 28.9 Å². The van der Waals surface area contributed by atoms with Crippen molar-refractivity contribution >= 4 is 23.2 Å². The number of anilines is 2. The molecule has 4 heteroatoms. The van der Waals surface area contributed by atoms with E-state index in [2.05, 4.69) is 25.2 Å². The van der Waals surface area contributed by atoms with Crippen LogP contribution in [0.15, 0.2) is 42.5 Å². The van der Waals surface area contributed by atoms with E-state index < -0.39 is 0 Å². The molecule has 2 amide bonds. The first-order valence-corrected chi connectivity index (χ1v) is 9.68. The summed E-state index contributed by atoms with van der Waals surface area (Å²) in [6.45, 7) is 8.76. The maximum absolute atomic E-state index is 12.8. The summed E-state index contributed by atoms with van der Waals surface area (Å²) in [6, 6.07) is 14.0. The molecule has 27 heavy (non-hydrogen) atoms. The molecule has 0 radical (unpaired) electrons. The fourth-order valence-corrected chi connectivity index (χ4v) is 3.67. The molecule has 2 atom stereocenters. The fourth-order valence-electron chi connectivity index (χ4n) is 3.67. The normalized spacial score (nSPS) is 17.9. The highest BCUT2D eigenvalue weighted by atomic mass is 16.2. The van der Waals surface area contributed by atoms with E-state index in [1.807, 2.05) is 50.2 Å². The Balaban J connectivity index is 1.77. The lowest BCUT2D eigenvalue weighted by molar-refractivity contribution is -0.122. The Kier molecular flexibility index (Phi) is 5.64. The summed E-state index contributed by atoms with van der Waals surface area (Å²) in [5.41, 5.74) is 5.12. The Hall–Kier alpha value is -2.62. The monoisotopic (exact) mass is 364 g/mol. The maximum Gasteiger partial charge on any atom is 0.229 e. The Morgan fingerprint density at radius 1 is 1.22 bits per heavy atom. The van der Waals surface area contributed by atoms with Gasteiger partial charge >= 0.3 is 0 Å². The molecule has 1 aliphatic heterocycles. The van der Waals surface area contributed by atoms with E-state index in [9.17, 15) is 9.59 Å². The van der Waals surface area contributed by atoms with E-state index in [0.29, 0.717) is 12.5 Å². The molecule has 1 N–H and O–H groups in total. The number of carbonyl (C=O) groups excluding carboxylic acids is 2. The summed E-state index contributed by atoms with van der Waals surface area (Å²) in [6.07, 6.45) is 1.27. The molecule has 4 nitrogen and oxygen atoms in total. The maximum atomic E-state index is 12.8. The van der Waals surface area contributed by atoms with Crippen LogP contribution in [0.1, 0.15) is 49.3 Å². The molecule has 1 aliphatic rings. The van der Waals surface area contributed by atoms with Crippen molar-refractivity contribution in [1.29, 1.82) is 0 Å². The fraction of sp³-hybridized carbons (Fsp3) is 0.391. The minimum absolute atomic E-state index is 0.0199. The summed E-state index contributed by atoms with van der Waals surface area (Å²) in [7, 11) is 0. The second-order valence-electron chi connectivity index (χ2n) is 7.58. The summed E-state index contributed by atoms with van der Waals surface area (Å²) in [5, 5.41) is 3.00. The summed E-state index contributed by atoms with van der Waals surface area (Å²) >= 11 is 0. The highest BCUT2D eigenvalue weighted by Crippen LogP contribution is 2.33. The molecule has 1 saturated heterocycles. The molecule has 3 rings (SSSR count). The molecule has 0 aromatic heterocycles. The minimum Gasteiger partial charge on any atom is -0.326 e. The van der Waals surface area contributed by atoms with Gasteiger partial charge in [-0.25, -0.2) is 0 Å². The number of rotatable bonds is 5. The van der Waals surface area contributed by atoms with E-state index >= 15 is 0 Å². The van der Waals surface area contributed by atoms with E-state index in [-0.39, 0.29) is 24.2 Å². The molecule has 0 unspecified atom stereocenters. The molecule has 0 bridgehead atoms. The average molecular weight is 364 g/mol. The van der Waals surface area contributed by atoms with Crippen LogP contribution in [0.5, 0.6) is 0 Å². The number of hydrogen-bond acceptors (Lipinski definition) is 2. The Morgan fingerprint density at radius 2 is 1.96 bits per heavy atom.